The first-order valence-electron chi connectivity index (χ1n) is 5.74. The van der Waals surface area contributed by atoms with E-state index >= 15 is 0 Å². The molecule has 0 N–H and O–H groups in total. The Bertz CT molecular complexity index is 398. The van der Waals surface area contributed by atoms with Crippen LogP contribution < -0.4 is 0 Å². The lowest BCUT2D eigenvalue weighted by Gasteiger charge is -2.07. The van der Waals surface area contributed by atoms with Crippen molar-refractivity contribution in [3.63, 3.8) is 0 Å². The monoisotopic (exact) mass is 317 g/mol. The van der Waals surface area contributed by atoms with Gasteiger partial charge in [0, 0.05) is 12.7 Å². The molecule has 0 aromatic heterocycles. The molecule has 1 rings (SSSR count). The topological polar surface area (TPSA) is 61.6 Å². The highest BCUT2D eigenvalue weighted by molar-refractivity contribution is 9.10. The number of halogens is 1. The first-order valence-corrected chi connectivity index (χ1v) is 6.53. The van der Waals surface area contributed by atoms with Crippen molar-refractivity contribution in [2.75, 3.05) is 19.8 Å². The van der Waals surface area contributed by atoms with E-state index in [1.54, 1.807) is 12.1 Å². The van der Waals surface area contributed by atoms with E-state index in [1.807, 2.05) is 6.92 Å². The van der Waals surface area contributed by atoms with Gasteiger partial charge in [-0.2, -0.15) is 0 Å². The predicted octanol–water partition coefficient (Wildman–Crippen LogP) is 3.30. The molecule has 0 atom stereocenters. The van der Waals surface area contributed by atoms with Crippen LogP contribution in [0.3, 0.4) is 0 Å². The number of rotatable bonds is 8. The van der Waals surface area contributed by atoms with Gasteiger partial charge in [0.15, 0.2) is 0 Å². The van der Waals surface area contributed by atoms with Gasteiger partial charge in [0.05, 0.1) is 24.7 Å². The van der Waals surface area contributed by atoms with Crippen LogP contribution in [-0.4, -0.2) is 24.7 Å². The van der Waals surface area contributed by atoms with Crippen molar-refractivity contribution in [2.24, 2.45) is 0 Å². The quantitative estimate of drug-likeness (QED) is 0.419. The van der Waals surface area contributed by atoms with Crippen LogP contribution in [0, 0.1) is 10.1 Å². The first-order chi connectivity index (χ1) is 8.66. The van der Waals surface area contributed by atoms with Crippen molar-refractivity contribution in [1.29, 1.82) is 0 Å². The highest BCUT2D eigenvalue weighted by Gasteiger charge is 2.14. The Balaban J connectivity index is 2.43. The van der Waals surface area contributed by atoms with Crippen LogP contribution in [0.5, 0.6) is 0 Å². The van der Waals surface area contributed by atoms with E-state index < -0.39 is 4.92 Å². The van der Waals surface area contributed by atoms with E-state index in [9.17, 15) is 10.1 Å². The molecular formula is C12H16BrNO4. The molecule has 0 aliphatic heterocycles. The molecule has 0 saturated carbocycles. The van der Waals surface area contributed by atoms with Crippen LogP contribution in [-0.2, 0) is 16.1 Å². The summed E-state index contributed by atoms with van der Waals surface area (Å²) in [6.45, 7) is 4.12. The van der Waals surface area contributed by atoms with Crippen LogP contribution >= 0.6 is 15.9 Å². The van der Waals surface area contributed by atoms with Crippen LogP contribution in [0.15, 0.2) is 22.7 Å². The molecule has 0 aliphatic rings. The highest BCUT2D eigenvalue weighted by Crippen LogP contribution is 2.28. The Hall–Kier alpha value is -0.980. The van der Waals surface area contributed by atoms with Crippen LogP contribution in [0.1, 0.15) is 18.9 Å². The summed E-state index contributed by atoms with van der Waals surface area (Å²) in [5, 5.41) is 10.7. The SMILES string of the molecule is CCCOCCOCc1cccc([N+](=O)[O-])c1Br. The lowest BCUT2D eigenvalue weighted by Crippen LogP contribution is -2.05. The van der Waals surface area contributed by atoms with Gasteiger partial charge in [0.25, 0.3) is 5.69 Å². The second-order valence-electron chi connectivity index (χ2n) is 3.67. The maximum atomic E-state index is 10.7. The number of hydrogen-bond donors (Lipinski definition) is 0. The largest absolute Gasteiger partial charge is 0.379 e. The number of benzene rings is 1. The molecule has 0 fully saturated rings. The van der Waals surface area contributed by atoms with Gasteiger partial charge >= 0.3 is 0 Å². The second kappa shape index (κ2) is 8.18. The minimum absolute atomic E-state index is 0.0540. The van der Waals surface area contributed by atoms with Crippen LogP contribution in [0.4, 0.5) is 5.69 Å². The second-order valence-corrected chi connectivity index (χ2v) is 4.47. The number of nitrogens with zero attached hydrogens (tertiary/aromatic N) is 1. The zero-order chi connectivity index (χ0) is 13.4. The Morgan fingerprint density at radius 1 is 1.28 bits per heavy atom. The fourth-order valence-electron chi connectivity index (χ4n) is 1.37. The van der Waals surface area contributed by atoms with E-state index in [2.05, 4.69) is 15.9 Å². The Kier molecular flexibility index (Phi) is 6.85. The standard InChI is InChI=1S/C12H16BrNO4/c1-2-6-17-7-8-18-9-10-4-3-5-11(12(10)13)14(15)16/h3-5H,2,6-9H2,1H3. The molecule has 0 aliphatic carbocycles. The molecule has 0 unspecified atom stereocenters. The summed E-state index contributed by atoms with van der Waals surface area (Å²) in [6.07, 6.45) is 0.983. The number of nitro benzene ring substituents is 1. The molecule has 0 saturated heterocycles. The minimum Gasteiger partial charge on any atom is -0.379 e. The summed E-state index contributed by atoms with van der Waals surface area (Å²) in [7, 11) is 0. The summed E-state index contributed by atoms with van der Waals surface area (Å²) in [5.41, 5.74) is 0.818. The molecule has 100 valence electrons. The van der Waals surface area contributed by atoms with E-state index in [0.29, 0.717) is 24.3 Å². The van der Waals surface area contributed by atoms with Gasteiger partial charge in [-0.1, -0.05) is 19.1 Å². The number of hydrogen-bond acceptors (Lipinski definition) is 4. The van der Waals surface area contributed by atoms with Gasteiger partial charge in [-0.05, 0) is 27.9 Å². The lowest BCUT2D eigenvalue weighted by atomic mass is 10.2. The molecule has 18 heavy (non-hydrogen) atoms. The zero-order valence-electron chi connectivity index (χ0n) is 10.2. The van der Waals surface area contributed by atoms with Crippen LogP contribution in [0.25, 0.3) is 0 Å². The van der Waals surface area contributed by atoms with Crippen molar-refractivity contribution in [2.45, 2.75) is 20.0 Å². The molecule has 0 amide bonds. The van der Waals surface area contributed by atoms with Crippen molar-refractivity contribution in [3.8, 4) is 0 Å². The van der Waals surface area contributed by atoms with Gasteiger partial charge in [-0.15, -0.1) is 0 Å². The van der Waals surface area contributed by atoms with Crippen molar-refractivity contribution < 1.29 is 14.4 Å². The van der Waals surface area contributed by atoms with E-state index in [1.165, 1.54) is 6.07 Å². The van der Waals surface area contributed by atoms with Crippen molar-refractivity contribution in [1.82, 2.24) is 0 Å². The molecule has 5 nitrogen and oxygen atoms in total. The molecule has 0 bridgehead atoms. The van der Waals surface area contributed by atoms with Gasteiger partial charge in [-0.25, -0.2) is 0 Å². The maximum absolute atomic E-state index is 10.7. The van der Waals surface area contributed by atoms with Crippen molar-refractivity contribution in [3.05, 3.63) is 38.3 Å². The van der Waals surface area contributed by atoms with Crippen molar-refractivity contribution >= 4 is 21.6 Å². The average molecular weight is 318 g/mol. The molecule has 0 radical (unpaired) electrons. The predicted molar refractivity (Wildman–Crippen MR) is 71.6 cm³/mol. The third kappa shape index (κ3) is 4.72. The molecular weight excluding hydrogens is 302 g/mol. The number of ether oxygens (including phenoxy) is 2. The molecule has 0 heterocycles. The fraction of sp³-hybridized carbons (Fsp3) is 0.500. The van der Waals surface area contributed by atoms with E-state index in [-0.39, 0.29) is 5.69 Å². The third-order valence-corrected chi connectivity index (χ3v) is 3.15. The fourth-order valence-corrected chi connectivity index (χ4v) is 1.89. The molecule has 1 aromatic rings. The zero-order valence-corrected chi connectivity index (χ0v) is 11.8. The third-order valence-electron chi connectivity index (χ3n) is 2.23. The normalized spacial score (nSPS) is 10.6. The lowest BCUT2D eigenvalue weighted by molar-refractivity contribution is -0.385. The summed E-state index contributed by atoms with van der Waals surface area (Å²) in [6, 6.07) is 4.90. The van der Waals surface area contributed by atoms with E-state index in [4.69, 9.17) is 9.47 Å². The first kappa shape index (κ1) is 15.1. The Labute approximate surface area is 114 Å². The van der Waals surface area contributed by atoms with Gasteiger partial charge in [0.1, 0.15) is 4.47 Å². The summed E-state index contributed by atoms with van der Waals surface area (Å²) >= 11 is 3.22. The average Bonchev–Trinajstić information content (AvgIpc) is 2.35. The minimum atomic E-state index is -0.419. The molecule has 6 heteroatoms. The smallest absolute Gasteiger partial charge is 0.283 e. The highest BCUT2D eigenvalue weighted by atomic mass is 79.9. The van der Waals surface area contributed by atoms with Gasteiger partial charge in [-0.3, -0.25) is 10.1 Å². The Morgan fingerprint density at radius 3 is 2.67 bits per heavy atom. The van der Waals surface area contributed by atoms with Crippen LogP contribution in [0.2, 0.25) is 0 Å². The summed E-state index contributed by atoms with van der Waals surface area (Å²) < 4.78 is 11.1. The number of nitro groups is 1. The maximum Gasteiger partial charge on any atom is 0.283 e. The summed E-state index contributed by atoms with van der Waals surface area (Å²) in [5.74, 6) is 0. The molecule has 0 spiro atoms. The molecule has 1 aromatic carbocycles. The van der Waals surface area contributed by atoms with Gasteiger partial charge in [0.2, 0.25) is 0 Å². The summed E-state index contributed by atoms with van der Waals surface area (Å²) in [4.78, 5) is 10.3. The van der Waals surface area contributed by atoms with Gasteiger partial charge < -0.3 is 9.47 Å². The Morgan fingerprint density at radius 2 is 2.00 bits per heavy atom. The van der Waals surface area contributed by atoms with E-state index in [0.717, 1.165) is 18.6 Å².